The molecule has 3 aromatic carbocycles. The van der Waals surface area contributed by atoms with Crippen molar-refractivity contribution in [2.45, 2.75) is 9.79 Å². The van der Waals surface area contributed by atoms with Crippen molar-refractivity contribution in [3.8, 4) is 0 Å². The molecule has 0 radical (unpaired) electrons. The van der Waals surface area contributed by atoms with Gasteiger partial charge in [0.2, 0.25) is 0 Å². The summed E-state index contributed by atoms with van der Waals surface area (Å²) in [5.41, 5.74) is -0.0372. The predicted molar refractivity (Wildman–Crippen MR) is 108 cm³/mol. The number of carbonyl (C=O) groups is 2. The minimum Gasteiger partial charge on any atom is -0.0901 e. The Balaban J connectivity index is 0.000000468. The van der Waals surface area contributed by atoms with Crippen LogP contribution in [0.15, 0.2) is 94.7 Å². The molecule has 0 amide bonds. The van der Waals surface area contributed by atoms with E-state index >= 15 is 0 Å². The topological polar surface area (TPSA) is 106 Å². The normalized spacial score (nSPS) is 8.89. The fraction of sp³-hybridized carbons (Fsp3) is 0. The summed E-state index contributed by atoms with van der Waals surface area (Å²) >= 11 is 1.79. The van der Waals surface area contributed by atoms with Crippen LogP contribution in [0.4, 0.5) is 0 Å². The smallest absolute Gasteiger partial charge is 0.0122 e. The first-order chi connectivity index (χ1) is 12.1. The van der Waals surface area contributed by atoms with Crippen molar-refractivity contribution in [1.82, 2.24) is 0 Å². The van der Waals surface area contributed by atoms with Gasteiger partial charge in [0.05, 0.1) is 11.1 Å². The number of hydrogen-bond donors (Lipinski definition) is 2. The Morgan fingerprint density at radius 3 is 1.33 bits per heavy atom. The molecule has 0 aromatic heterocycles. The third-order valence-corrected chi connectivity index (χ3v) is 4.09. The Labute approximate surface area is 183 Å². The van der Waals surface area contributed by atoms with Gasteiger partial charge in [0.1, 0.15) is 0 Å². The van der Waals surface area contributed by atoms with Gasteiger partial charge in [-0.25, -0.2) is 9.59 Å². The number of hydrogen-bond acceptors (Lipinski definition) is 3. The van der Waals surface area contributed by atoms with E-state index in [0.717, 1.165) is 6.07 Å². The number of aromatic carboxylic acids is 2. The second-order valence-electron chi connectivity index (χ2n) is 4.92. The van der Waals surface area contributed by atoms with Crippen LogP contribution in [0.5, 0.6) is 0 Å². The van der Waals surface area contributed by atoms with Crippen LogP contribution in [0.3, 0.4) is 0 Å². The molecule has 0 aliphatic heterocycles. The van der Waals surface area contributed by atoms with Gasteiger partial charge in [0.25, 0.3) is 0 Å². The summed E-state index contributed by atoms with van der Waals surface area (Å²) in [5.74, 6) is -2.25. The van der Waals surface area contributed by atoms with Crippen LogP contribution in [0.2, 0.25) is 0 Å². The van der Waals surface area contributed by atoms with E-state index in [4.69, 9.17) is 10.2 Å². The summed E-state index contributed by atoms with van der Waals surface area (Å²) in [7, 11) is 0. The van der Waals surface area contributed by atoms with Crippen LogP contribution in [0.25, 0.3) is 0 Å². The molecule has 3 aromatic rings. The zero-order valence-corrected chi connectivity index (χ0v) is 14.5. The fourth-order valence-electron chi connectivity index (χ4n) is 1.90. The van der Waals surface area contributed by atoms with Gasteiger partial charge in [-0.15, -0.1) is 0 Å². The standard InChI is InChI=1S/C12H10S.C8H6O4.Na.H2O.H/c1-3-7-11(8-4-1)13-12-9-5-2-6-10-12;9-7(10)5-2-1-3-6(4-5)8(11)12;;;/h1-10H;1-4H,(H,9,10)(H,11,12);;1H2;. The van der Waals surface area contributed by atoms with E-state index in [2.05, 4.69) is 48.5 Å². The maximum absolute atomic E-state index is 10.4. The molecule has 7 heteroatoms. The van der Waals surface area contributed by atoms with Gasteiger partial charge < -0.3 is 15.7 Å². The average Bonchev–Trinajstić information content (AvgIpc) is 2.64. The molecule has 27 heavy (non-hydrogen) atoms. The van der Waals surface area contributed by atoms with Crippen LogP contribution < -0.4 is 0 Å². The third kappa shape index (κ3) is 8.90. The van der Waals surface area contributed by atoms with E-state index in [0.29, 0.717) is 0 Å². The van der Waals surface area contributed by atoms with Crippen molar-refractivity contribution in [2.24, 2.45) is 0 Å². The predicted octanol–water partition coefficient (Wildman–Crippen LogP) is 3.45. The maximum atomic E-state index is 10.4. The zero-order valence-electron chi connectivity index (χ0n) is 13.7. The Morgan fingerprint density at radius 2 is 1.00 bits per heavy atom. The molecule has 0 fully saturated rings. The van der Waals surface area contributed by atoms with Gasteiger partial charge in [-0.2, -0.15) is 0 Å². The largest absolute Gasteiger partial charge is 0.0901 e. The second-order valence-corrected chi connectivity index (χ2v) is 6.07. The molecular weight excluding hydrogens is 375 g/mol. The minimum atomic E-state index is -1.13. The molecule has 5 nitrogen and oxygen atoms in total. The van der Waals surface area contributed by atoms with E-state index < -0.39 is 11.9 Å². The third-order valence-electron chi connectivity index (χ3n) is 3.08. The molecule has 0 spiro atoms. The molecule has 0 aliphatic carbocycles. The zero-order chi connectivity index (χ0) is 18.1. The molecule has 0 aliphatic rings. The first-order valence-electron chi connectivity index (χ1n) is 7.41. The SMILES string of the molecule is O.O=C(O)c1cccc(C(=O)O)c1.[NaH].c1ccc(Sc2ccccc2)cc1. The van der Waals surface area contributed by atoms with Gasteiger partial charge in [0.15, 0.2) is 0 Å². The van der Waals surface area contributed by atoms with Gasteiger partial charge in [0, 0.05) is 9.79 Å². The average molecular weight is 394 g/mol. The van der Waals surface area contributed by atoms with Crippen molar-refractivity contribution >= 4 is 53.3 Å². The van der Waals surface area contributed by atoms with Crippen molar-refractivity contribution in [2.75, 3.05) is 0 Å². The van der Waals surface area contributed by atoms with E-state index in [1.807, 2.05) is 12.1 Å². The van der Waals surface area contributed by atoms with Crippen LogP contribution in [-0.4, -0.2) is 57.2 Å². The first kappa shape index (κ1) is 24.9. The molecule has 0 saturated heterocycles. The molecule has 136 valence electrons. The first-order valence-corrected chi connectivity index (χ1v) is 8.22. The summed E-state index contributed by atoms with van der Waals surface area (Å²) in [5, 5.41) is 17.0. The van der Waals surface area contributed by atoms with Gasteiger partial charge in [-0.3, -0.25) is 0 Å². The maximum Gasteiger partial charge on any atom is 0.0122 e. The van der Waals surface area contributed by atoms with E-state index in [1.54, 1.807) is 11.8 Å². The van der Waals surface area contributed by atoms with Gasteiger partial charge in [-0.1, -0.05) is 54.2 Å². The quantitative estimate of drug-likeness (QED) is 0.659. The minimum absolute atomic E-state index is 0. The fourth-order valence-corrected chi connectivity index (χ4v) is 2.76. The summed E-state index contributed by atoms with van der Waals surface area (Å²) in [6.07, 6.45) is 0. The van der Waals surface area contributed by atoms with Crippen LogP contribution in [-0.2, 0) is 0 Å². The van der Waals surface area contributed by atoms with Gasteiger partial charge in [-0.05, 0) is 42.5 Å². The Morgan fingerprint density at radius 1 is 0.630 bits per heavy atom. The molecule has 0 bridgehead atoms. The monoisotopic (exact) mass is 394 g/mol. The second kappa shape index (κ2) is 13.1. The van der Waals surface area contributed by atoms with E-state index in [9.17, 15) is 9.59 Å². The molecule has 0 unspecified atom stereocenters. The number of carboxylic acid groups (broad SMARTS) is 2. The molecule has 0 atom stereocenters. The summed E-state index contributed by atoms with van der Waals surface area (Å²) in [6.45, 7) is 0. The summed E-state index contributed by atoms with van der Waals surface area (Å²) < 4.78 is 0. The molecule has 0 heterocycles. The van der Waals surface area contributed by atoms with Crippen molar-refractivity contribution < 1.29 is 25.3 Å². The Kier molecular flexibility index (Phi) is 12.1. The van der Waals surface area contributed by atoms with Crippen LogP contribution in [0, 0.1) is 0 Å². The molecular formula is C20H19NaO5S. The number of benzene rings is 3. The summed E-state index contributed by atoms with van der Waals surface area (Å²) in [6, 6.07) is 26.0. The molecule has 0 saturated carbocycles. The Hall–Kier alpha value is -2.09. The molecule has 3 rings (SSSR count). The summed E-state index contributed by atoms with van der Waals surface area (Å²) in [4.78, 5) is 23.3. The number of rotatable bonds is 4. The van der Waals surface area contributed by atoms with E-state index in [-0.39, 0.29) is 46.2 Å². The van der Waals surface area contributed by atoms with E-state index in [1.165, 1.54) is 28.0 Å². The Bertz CT molecular complexity index is 775. The molecule has 4 N–H and O–H groups in total. The van der Waals surface area contributed by atoms with Crippen molar-refractivity contribution in [3.05, 3.63) is 96.1 Å². The van der Waals surface area contributed by atoms with Gasteiger partial charge >= 0.3 is 41.5 Å². The van der Waals surface area contributed by atoms with Crippen molar-refractivity contribution in [1.29, 1.82) is 0 Å². The number of carboxylic acids is 2. The van der Waals surface area contributed by atoms with Crippen molar-refractivity contribution in [3.63, 3.8) is 0 Å². The van der Waals surface area contributed by atoms with Crippen LogP contribution >= 0.6 is 11.8 Å². The van der Waals surface area contributed by atoms with Crippen LogP contribution in [0.1, 0.15) is 20.7 Å².